The normalized spacial score (nSPS) is 10.3. The zero-order chi connectivity index (χ0) is 13.5. The van der Waals surface area contributed by atoms with E-state index in [2.05, 4.69) is 4.74 Å². The quantitative estimate of drug-likeness (QED) is 0.651. The number of phenolic OH excluding ortho intramolecular Hbond substituents is 1. The number of esters is 2. The van der Waals surface area contributed by atoms with Gasteiger partial charge in [0.25, 0.3) is 0 Å². The first kappa shape index (κ1) is 13.8. The summed E-state index contributed by atoms with van der Waals surface area (Å²) in [5.41, 5.74) is 0.629. The van der Waals surface area contributed by atoms with Crippen LogP contribution < -0.4 is 0 Å². The lowest BCUT2D eigenvalue weighted by molar-refractivity contribution is -0.137. The van der Waals surface area contributed by atoms with Crippen LogP contribution in [0, 0.1) is 0 Å². The van der Waals surface area contributed by atoms with Gasteiger partial charge in [0.1, 0.15) is 11.3 Å². The molecule has 0 unspecified atom stereocenters. The van der Waals surface area contributed by atoms with Crippen LogP contribution in [0.3, 0.4) is 0 Å². The zero-order valence-electron chi connectivity index (χ0n) is 10.2. The highest BCUT2D eigenvalue weighted by Gasteiger charge is 2.11. The number of hydrogen-bond donors (Lipinski definition) is 1. The summed E-state index contributed by atoms with van der Waals surface area (Å²) >= 11 is 0. The van der Waals surface area contributed by atoms with E-state index < -0.39 is 11.9 Å². The fourth-order valence-electron chi connectivity index (χ4n) is 1.29. The van der Waals surface area contributed by atoms with Gasteiger partial charge in [-0.1, -0.05) is 6.07 Å². The SMILES string of the molecule is CCOC(=O)C=Cc1ccc(O)c(C(=O)OC)c1. The fourth-order valence-corrected chi connectivity index (χ4v) is 1.29. The molecule has 1 aromatic carbocycles. The lowest BCUT2D eigenvalue weighted by Gasteiger charge is -2.03. The van der Waals surface area contributed by atoms with E-state index >= 15 is 0 Å². The first-order valence-electron chi connectivity index (χ1n) is 5.34. The minimum absolute atomic E-state index is 0.0449. The Balaban J connectivity index is 2.92. The molecule has 5 nitrogen and oxygen atoms in total. The predicted octanol–water partition coefficient (Wildman–Crippen LogP) is 1.76. The van der Waals surface area contributed by atoms with Crippen molar-refractivity contribution < 1.29 is 24.2 Å². The molecule has 0 saturated carbocycles. The minimum atomic E-state index is -0.640. The molecular weight excluding hydrogens is 236 g/mol. The van der Waals surface area contributed by atoms with Gasteiger partial charge in [0.2, 0.25) is 0 Å². The molecule has 5 heteroatoms. The topological polar surface area (TPSA) is 72.8 Å². The molecule has 96 valence electrons. The van der Waals surface area contributed by atoms with Crippen LogP contribution in [0.5, 0.6) is 5.75 Å². The van der Waals surface area contributed by atoms with E-state index in [9.17, 15) is 14.7 Å². The largest absolute Gasteiger partial charge is 0.507 e. The monoisotopic (exact) mass is 250 g/mol. The van der Waals surface area contributed by atoms with E-state index in [1.54, 1.807) is 13.0 Å². The number of phenols is 1. The molecule has 0 aliphatic heterocycles. The summed E-state index contributed by atoms with van der Waals surface area (Å²) in [6.07, 6.45) is 2.74. The van der Waals surface area contributed by atoms with Crippen LogP contribution in [0.2, 0.25) is 0 Å². The second kappa shape index (κ2) is 6.44. The number of hydrogen-bond acceptors (Lipinski definition) is 5. The molecule has 0 aromatic heterocycles. The summed E-state index contributed by atoms with van der Waals surface area (Å²) in [7, 11) is 1.23. The van der Waals surface area contributed by atoms with Crippen molar-refractivity contribution in [3.63, 3.8) is 0 Å². The Kier molecular flexibility index (Phi) is 4.92. The van der Waals surface area contributed by atoms with Crippen LogP contribution in [0.15, 0.2) is 24.3 Å². The van der Waals surface area contributed by atoms with Crippen LogP contribution in [-0.2, 0) is 14.3 Å². The second-order valence-electron chi connectivity index (χ2n) is 3.35. The molecule has 0 spiro atoms. The van der Waals surface area contributed by atoms with Crippen LogP contribution in [0.1, 0.15) is 22.8 Å². The van der Waals surface area contributed by atoms with E-state index in [4.69, 9.17) is 4.74 Å². The lowest BCUT2D eigenvalue weighted by atomic mass is 10.1. The molecule has 0 aliphatic rings. The molecule has 0 radical (unpaired) electrons. The number of benzene rings is 1. The summed E-state index contributed by atoms with van der Waals surface area (Å²) in [5.74, 6) is -1.28. The summed E-state index contributed by atoms with van der Waals surface area (Å²) in [6.45, 7) is 2.01. The van der Waals surface area contributed by atoms with Crippen LogP contribution in [0.25, 0.3) is 6.08 Å². The van der Waals surface area contributed by atoms with E-state index in [-0.39, 0.29) is 11.3 Å². The molecule has 1 aromatic rings. The first-order valence-corrected chi connectivity index (χ1v) is 5.34. The van der Waals surface area contributed by atoms with Gasteiger partial charge in [-0.25, -0.2) is 9.59 Å². The molecule has 0 saturated heterocycles. The number of carbonyl (C=O) groups excluding carboxylic acids is 2. The third kappa shape index (κ3) is 3.62. The molecule has 0 fully saturated rings. The van der Waals surface area contributed by atoms with E-state index in [0.29, 0.717) is 12.2 Å². The maximum Gasteiger partial charge on any atom is 0.341 e. The molecule has 0 heterocycles. The summed E-state index contributed by atoms with van der Waals surface area (Å²) < 4.78 is 9.24. The van der Waals surface area contributed by atoms with Crippen LogP contribution in [-0.4, -0.2) is 30.8 Å². The standard InChI is InChI=1S/C13H14O5/c1-3-18-12(15)7-5-9-4-6-11(14)10(8-9)13(16)17-2/h4-8,14H,3H2,1-2H3. The van der Waals surface area contributed by atoms with Gasteiger partial charge >= 0.3 is 11.9 Å². The van der Waals surface area contributed by atoms with Gasteiger partial charge < -0.3 is 14.6 Å². The third-order valence-corrected chi connectivity index (χ3v) is 2.12. The predicted molar refractivity (Wildman–Crippen MR) is 65.1 cm³/mol. The lowest BCUT2D eigenvalue weighted by Crippen LogP contribution is -2.02. The van der Waals surface area contributed by atoms with E-state index in [0.717, 1.165) is 0 Å². The Morgan fingerprint density at radius 1 is 1.39 bits per heavy atom. The zero-order valence-corrected chi connectivity index (χ0v) is 10.2. The van der Waals surface area contributed by atoms with Crippen molar-refractivity contribution in [1.82, 2.24) is 0 Å². The molecule has 0 bridgehead atoms. The Hall–Kier alpha value is -2.30. The first-order chi connectivity index (χ1) is 8.58. The summed E-state index contributed by atoms with van der Waals surface area (Å²) in [5, 5.41) is 9.48. The van der Waals surface area contributed by atoms with Gasteiger partial charge in [-0.05, 0) is 30.7 Å². The molecule has 0 aliphatic carbocycles. The Bertz CT molecular complexity index is 476. The van der Waals surface area contributed by atoms with Crippen molar-refractivity contribution in [1.29, 1.82) is 0 Å². The Labute approximate surface area is 105 Å². The average Bonchev–Trinajstić information content (AvgIpc) is 2.37. The van der Waals surface area contributed by atoms with Gasteiger partial charge in [0.15, 0.2) is 0 Å². The highest BCUT2D eigenvalue weighted by atomic mass is 16.5. The van der Waals surface area contributed by atoms with Crippen molar-refractivity contribution in [2.45, 2.75) is 6.92 Å². The second-order valence-corrected chi connectivity index (χ2v) is 3.35. The van der Waals surface area contributed by atoms with Crippen molar-refractivity contribution in [2.24, 2.45) is 0 Å². The van der Waals surface area contributed by atoms with Crippen molar-refractivity contribution in [3.05, 3.63) is 35.4 Å². The van der Waals surface area contributed by atoms with Gasteiger partial charge in [-0.2, -0.15) is 0 Å². The molecule has 0 atom stereocenters. The molecule has 0 amide bonds. The van der Waals surface area contributed by atoms with Crippen molar-refractivity contribution in [2.75, 3.05) is 13.7 Å². The molecule has 18 heavy (non-hydrogen) atoms. The highest BCUT2D eigenvalue weighted by molar-refractivity contribution is 5.93. The van der Waals surface area contributed by atoms with Crippen LogP contribution in [0.4, 0.5) is 0 Å². The Morgan fingerprint density at radius 3 is 2.72 bits per heavy atom. The highest BCUT2D eigenvalue weighted by Crippen LogP contribution is 2.20. The number of rotatable bonds is 4. The molecule has 1 rings (SSSR count). The van der Waals surface area contributed by atoms with Gasteiger partial charge in [-0.3, -0.25) is 0 Å². The van der Waals surface area contributed by atoms with E-state index in [1.165, 1.54) is 31.4 Å². The van der Waals surface area contributed by atoms with Crippen molar-refractivity contribution in [3.8, 4) is 5.75 Å². The summed E-state index contributed by atoms with van der Waals surface area (Å²) in [4.78, 5) is 22.4. The smallest absolute Gasteiger partial charge is 0.341 e. The minimum Gasteiger partial charge on any atom is -0.507 e. The van der Waals surface area contributed by atoms with Crippen LogP contribution >= 0.6 is 0 Å². The maximum absolute atomic E-state index is 11.3. The average molecular weight is 250 g/mol. The number of ether oxygens (including phenoxy) is 2. The number of carbonyl (C=O) groups is 2. The van der Waals surface area contributed by atoms with Gasteiger partial charge in [0.05, 0.1) is 13.7 Å². The molecular formula is C13H14O5. The number of methoxy groups -OCH3 is 1. The fraction of sp³-hybridized carbons (Fsp3) is 0.231. The number of aromatic hydroxyl groups is 1. The van der Waals surface area contributed by atoms with Gasteiger partial charge in [-0.15, -0.1) is 0 Å². The Morgan fingerprint density at radius 2 is 2.11 bits per heavy atom. The van der Waals surface area contributed by atoms with Gasteiger partial charge in [0, 0.05) is 6.08 Å². The maximum atomic E-state index is 11.3. The third-order valence-electron chi connectivity index (χ3n) is 2.12. The summed E-state index contributed by atoms with van der Waals surface area (Å²) in [6, 6.07) is 4.35. The van der Waals surface area contributed by atoms with E-state index in [1.807, 2.05) is 0 Å². The van der Waals surface area contributed by atoms with Crippen molar-refractivity contribution >= 4 is 18.0 Å². The molecule has 1 N–H and O–H groups in total.